The summed E-state index contributed by atoms with van der Waals surface area (Å²) in [5.74, 6) is 1.24. The van der Waals surface area contributed by atoms with Crippen LogP contribution in [0.5, 0.6) is 11.5 Å². The van der Waals surface area contributed by atoms with E-state index in [0.717, 1.165) is 38.5 Å². The minimum absolute atomic E-state index is 0.0368. The van der Waals surface area contributed by atoms with Gasteiger partial charge in [0.1, 0.15) is 11.5 Å². The zero-order chi connectivity index (χ0) is 28.0. The standard InChI is InChI=1S/C32H48N2O4/c1-31(2,3)25-13-17-27(18-14-25)37-23-29(35)33-21-11-9-7-8-10-12-22-34-30(36)24-38-28-19-15-26(16-20-28)32(4,5)6/h13-20H,7-12,21-24H2,1-6H3,(H,33,35)(H,34,36). The zero-order valence-corrected chi connectivity index (χ0v) is 24.3. The summed E-state index contributed by atoms with van der Waals surface area (Å²) in [6.45, 7) is 14.4. The molecule has 0 fully saturated rings. The second-order valence-electron chi connectivity index (χ2n) is 11.9. The zero-order valence-electron chi connectivity index (χ0n) is 24.3. The van der Waals surface area contributed by atoms with Crippen molar-refractivity contribution in [2.45, 2.75) is 90.9 Å². The van der Waals surface area contributed by atoms with Crippen molar-refractivity contribution in [2.75, 3.05) is 26.3 Å². The first-order valence-corrected chi connectivity index (χ1v) is 14.0. The normalized spacial score (nSPS) is 11.6. The highest BCUT2D eigenvalue weighted by molar-refractivity contribution is 5.77. The van der Waals surface area contributed by atoms with Gasteiger partial charge in [-0.2, -0.15) is 0 Å². The number of amides is 2. The Kier molecular flexibility index (Phi) is 12.6. The average Bonchev–Trinajstić information content (AvgIpc) is 2.86. The van der Waals surface area contributed by atoms with Crippen LogP contribution < -0.4 is 20.1 Å². The van der Waals surface area contributed by atoms with Gasteiger partial charge in [-0.1, -0.05) is 91.5 Å². The smallest absolute Gasteiger partial charge is 0.257 e. The van der Waals surface area contributed by atoms with Gasteiger partial charge in [0.15, 0.2) is 13.2 Å². The predicted octanol–water partition coefficient (Wildman–Crippen LogP) is 6.31. The van der Waals surface area contributed by atoms with Crippen LogP contribution in [0.3, 0.4) is 0 Å². The minimum atomic E-state index is -0.0912. The van der Waals surface area contributed by atoms with Gasteiger partial charge in [0, 0.05) is 13.1 Å². The molecule has 6 nitrogen and oxygen atoms in total. The summed E-state index contributed by atoms with van der Waals surface area (Å²) in [5, 5.41) is 5.84. The van der Waals surface area contributed by atoms with E-state index >= 15 is 0 Å². The number of ether oxygens (including phenoxy) is 2. The fraction of sp³-hybridized carbons (Fsp3) is 0.562. The third-order valence-corrected chi connectivity index (χ3v) is 6.43. The van der Waals surface area contributed by atoms with E-state index in [1.165, 1.54) is 11.1 Å². The SMILES string of the molecule is CC(C)(C)c1ccc(OCC(=O)NCCCCCCCCNC(=O)COc2ccc(C(C)(C)C)cc2)cc1. The molecule has 0 aromatic heterocycles. The maximum atomic E-state index is 12.0. The Hall–Kier alpha value is -3.02. The number of unbranched alkanes of at least 4 members (excludes halogenated alkanes) is 5. The molecular formula is C32H48N2O4. The lowest BCUT2D eigenvalue weighted by atomic mass is 9.87. The van der Waals surface area contributed by atoms with Gasteiger partial charge < -0.3 is 20.1 Å². The Balaban J connectivity index is 1.42. The van der Waals surface area contributed by atoms with Gasteiger partial charge in [0.2, 0.25) is 0 Å². The maximum absolute atomic E-state index is 12.0. The lowest BCUT2D eigenvalue weighted by Gasteiger charge is -2.19. The van der Waals surface area contributed by atoms with E-state index < -0.39 is 0 Å². The molecule has 38 heavy (non-hydrogen) atoms. The lowest BCUT2D eigenvalue weighted by Crippen LogP contribution is -2.29. The van der Waals surface area contributed by atoms with E-state index in [4.69, 9.17) is 9.47 Å². The van der Waals surface area contributed by atoms with Gasteiger partial charge in [-0.05, 0) is 59.1 Å². The third-order valence-electron chi connectivity index (χ3n) is 6.43. The molecule has 0 saturated heterocycles. The lowest BCUT2D eigenvalue weighted by molar-refractivity contribution is -0.123. The average molecular weight is 525 g/mol. The Morgan fingerprint density at radius 2 is 0.868 bits per heavy atom. The molecule has 0 bridgehead atoms. The first-order chi connectivity index (χ1) is 17.9. The van der Waals surface area contributed by atoms with Crippen LogP contribution in [-0.2, 0) is 20.4 Å². The molecule has 0 aliphatic carbocycles. The summed E-state index contributed by atoms with van der Waals surface area (Å²) in [7, 11) is 0. The highest BCUT2D eigenvalue weighted by Gasteiger charge is 2.14. The van der Waals surface area contributed by atoms with Crippen molar-refractivity contribution < 1.29 is 19.1 Å². The summed E-state index contributed by atoms with van der Waals surface area (Å²) in [6, 6.07) is 15.8. The molecule has 0 aliphatic rings. The van der Waals surface area contributed by atoms with Crippen molar-refractivity contribution >= 4 is 11.8 Å². The van der Waals surface area contributed by atoms with E-state index in [1.807, 2.05) is 48.5 Å². The monoisotopic (exact) mass is 524 g/mol. The number of rotatable bonds is 15. The number of hydrogen-bond acceptors (Lipinski definition) is 4. The Morgan fingerprint density at radius 3 is 1.18 bits per heavy atom. The quantitative estimate of drug-likeness (QED) is 0.268. The Bertz CT molecular complexity index is 889. The molecule has 2 aromatic rings. The second-order valence-corrected chi connectivity index (χ2v) is 11.9. The van der Waals surface area contributed by atoms with Crippen LogP contribution in [0.2, 0.25) is 0 Å². The van der Waals surface area contributed by atoms with Crippen molar-refractivity contribution in [3.8, 4) is 11.5 Å². The largest absolute Gasteiger partial charge is 0.484 e. The number of carbonyl (C=O) groups is 2. The van der Waals surface area contributed by atoms with Gasteiger partial charge in [-0.25, -0.2) is 0 Å². The molecule has 2 amide bonds. The van der Waals surface area contributed by atoms with E-state index in [9.17, 15) is 9.59 Å². The molecular weight excluding hydrogens is 476 g/mol. The first kappa shape index (κ1) is 31.2. The van der Waals surface area contributed by atoms with Crippen LogP contribution in [0.1, 0.15) is 91.2 Å². The third kappa shape index (κ3) is 12.5. The van der Waals surface area contributed by atoms with Gasteiger partial charge in [0.25, 0.3) is 11.8 Å². The fourth-order valence-electron chi connectivity index (χ4n) is 3.91. The summed E-state index contributed by atoms with van der Waals surface area (Å²) in [4.78, 5) is 24.0. The summed E-state index contributed by atoms with van der Waals surface area (Å²) < 4.78 is 11.2. The van der Waals surface area contributed by atoms with Crippen LogP contribution in [0.25, 0.3) is 0 Å². The van der Waals surface area contributed by atoms with Crippen LogP contribution >= 0.6 is 0 Å². The van der Waals surface area contributed by atoms with E-state index in [1.54, 1.807) is 0 Å². The molecule has 0 unspecified atom stereocenters. The molecule has 2 N–H and O–H groups in total. The van der Waals surface area contributed by atoms with Crippen LogP contribution in [0.15, 0.2) is 48.5 Å². The number of carbonyl (C=O) groups excluding carboxylic acids is 2. The van der Waals surface area contributed by atoms with Crippen LogP contribution in [-0.4, -0.2) is 38.1 Å². The molecule has 6 heteroatoms. The predicted molar refractivity (Wildman–Crippen MR) is 155 cm³/mol. The molecule has 0 aliphatic heterocycles. The summed E-state index contributed by atoms with van der Waals surface area (Å²) in [6.07, 6.45) is 6.29. The number of nitrogens with one attached hydrogen (secondary N) is 2. The van der Waals surface area contributed by atoms with Gasteiger partial charge >= 0.3 is 0 Å². The molecule has 0 heterocycles. The van der Waals surface area contributed by atoms with Crippen molar-refractivity contribution in [1.29, 1.82) is 0 Å². The number of benzene rings is 2. The van der Waals surface area contributed by atoms with Gasteiger partial charge in [0.05, 0.1) is 0 Å². The summed E-state index contributed by atoms with van der Waals surface area (Å²) >= 11 is 0. The highest BCUT2D eigenvalue weighted by Crippen LogP contribution is 2.25. The Morgan fingerprint density at radius 1 is 0.553 bits per heavy atom. The molecule has 2 rings (SSSR count). The van der Waals surface area contributed by atoms with Crippen molar-refractivity contribution in [1.82, 2.24) is 10.6 Å². The molecule has 0 atom stereocenters. The van der Waals surface area contributed by atoms with Crippen LogP contribution in [0, 0.1) is 0 Å². The Labute approximate surface area is 229 Å². The second kappa shape index (κ2) is 15.4. The minimum Gasteiger partial charge on any atom is -0.484 e. The van der Waals surface area contributed by atoms with E-state index in [-0.39, 0.29) is 35.9 Å². The van der Waals surface area contributed by atoms with E-state index in [2.05, 4.69) is 52.2 Å². The first-order valence-electron chi connectivity index (χ1n) is 14.0. The summed E-state index contributed by atoms with van der Waals surface area (Å²) in [5.41, 5.74) is 2.67. The van der Waals surface area contributed by atoms with Crippen LogP contribution in [0.4, 0.5) is 0 Å². The molecule has 0 saturated carbocycles. The fourth-order valence-corrected chi connectivity index (χ4v) is 3.91. The van der Waals surface area contributed by atoms with Gasteiger partial charge in [-0.15, -0.1) is 0 Å². The number of hydrogen-bond donors (Lipinski definition) is 2. The molecule has 2 aromatic carbocycles. The maximum Gasteiger partial charge on any atom is 0.257 e. The van der Waals surface area contributed by atoms with Crippen molar-refractivity contribution in [3.63, 3.8) is 0 Å². The van der Waals surface area contributed by atoms with Gasteiger partial charge in [-0.3, -0.25) is 9.59 Å². The topological polar surface area (TPSA) is 76.7 Å². The van der Waals surface area contributed by atoms with Crippen molar-refractivity contribution in [2.24, 2.45) is 0 Å². The highest BCUT2D eigenvalue weighted by atomic mass is 16.5. The molecule has 210 valence electrons. The molecule has 0 spiro atoms. The molecule has 0 radical (unpaired) electrons. The van der Waals surface area contributed by atoms with E-state index in [0.29, 0.717) is 24.6 Å². The van der Waals surface area contributed by atoms with Crippen molar-refractivity contribution in [3.05, 3.63) is 59.7 Å².